The highest BCUT2D eigenvalue weighted by Gasteiger charge is 2.34. The minimum absolute atomic E-state index is 0.00557. The van der Waals surface area contributed by atoms with Gasteiger partial charge in [-0.05, 0) is 13.8 Å². The number of hydrogen-bond acceptors (Lipinski definition) is 11. The van der Waals surface area contributed by atoms with Gasteiger partial charge in [0.05, 0.1) is 19.2 Å². The summed E-state index contributed by atoms with van der Waals surface area (Å²) in [5.41, 5.74) is 10.8. The standard InChI is InChI=1S/C26H29N5O8S/c1-26(2,20-16(32)9-14(10-17(20)33)29-25(37)31-24(28)36)23-30-21(13-7-5-4-6-8-13)18(40-23)11-19(34)39-12-15(27)22(35)38-3/h4-10,15,32-33H,11-12,27H2,1-3H3,(H4,28,29,31,36,37). The van der Waals surface area contributed by atoms with Gasteiger partial charge in [0.1, 0.15) is 29.2 Å². The Morgan fingerprint density at radius 3 is 2.30 bits per heavy atom. The number of primary amides is 1. The van der Waals surface area contributed by atoms with Crippen molar-refractivity contribution >= 4 is 41.0 Å². The molecule has 0 radical (unpaired) electrons. The van der Waals surface area contributed by atoms with Gasteiger partial charge in [0.2, 0.25) is 0 Å². The monoisotopic (exact) mass is 571 g/mol. The van der Waals surface area contributed by atoms with E-state index in [-0.39, 0.29) is 35.8 Å². The van der Waals surface area contributed by atoms with Crippen LogP contribution in [0, 0.1) is 0 Å². The Hall–Kier alpha value is -4.69. The van der Waals surface area contributed by atoms with E-state index in [9.17, 15) is 29.4 Å². The first-order valence-electron chi connectivity index (χ1n) is 11.8. The number of urea groups is 2. The molecule has 0 aliphatic rings. The predicted molar refractivity (Wildman–Crippen MR) is 146 cm³/mol. The molecule has 4 amide bonds. The molecule has 40 heavy (non-hydrogen) atoms. The molecule has 0 saturated heterocycles. The van der Waals surface area contributed by atoms with E-state index in [2.05, 4.69) is 10.1 Å². The summed E-state index contributed by atoms with van der Waals surface area (Å²) in [6, 6.07) is 8.35. The van der Waals surface area contributed by atoms with E-state index < -0.39 is 35.5 Å². The van der Waals surface area contributed by atoms with Crippen LogP contribution in [0.2, 0.25) is 0 Å². The van der Waals surface area contributed by atoms with Crippen LogP contribution in [0.5, 0.6) is 11.5 Å². The Morgan fingerprint density at radius 2 is 1.73 bits per heavy atom. The molecular weight excluding hydrogens is 542 g/mol. The molecule has 8 N–H and O–H groups in total. The normalized spacial score (nSPS) is 11.8. The Bertz CT molecular complexity index is 1400. The number of nitrogens with two attached hydrogens (primary N) is 2. The molecule has 0 aliphatic carbocycles. The Labute approximate surface area is 233 Å². The molecule has 1 aromatic heterocycles. The second-order valence-electron chi connectivity index (χ2n) is 9.10. The third-order valence-corrected chi connectivity index (χ3v) is 7.11. The van der Waals surface area contributed by atoms with Crippen molar-refractivity contribution in [3.63, 3.8) is 0 Å². The van der Waals surface area contributed by atoms with Crippen LogP contribution in [0.3, 0.4) is 0 Å². The fourth-order valence-electron chi connectivity index (χ4n) is 3.85. The largest absolute Gasteiger partial charge is 0.507 e. The second kappa shape index (κ2) is 12.4. The summed E-state index contributed by atoms with van der Waals surface area (Å²) >= 11 is 1.18. The summed E-state index contributed by atoms with van der Waals surface area (Å²) < 4.78 is 9.71. The van der Waals surface area contributed by atoms with Crippen LogP contribution in [0.15, 0.2) is 42.5 Å². The van der Waals surface area contributed by atoms with Crippen LogP contribution in [0.25, 0.3) is 11.3 Å². The molecule has 212 valence electrons. The molecular formula is C26H29N5O8S. The van der Waals surface area contributed by atoms with Crippen molar-refractivity contribution in [3.8, 4) is 22.8 Å². The lowest BCUT2D eigenvalue weighted by Crippen LogP contribution is -2.38. The molecule has 0 spiro atoms. The lowest BCUT2D eigenvalue weighted by Gasteiger charge is -2.25. The molecule has 0 fully saturated rings. The van der Waals surface area contributed by atoms with Gasteiger partial charge in [0.15, 0.2) is 0 Å². The van der Waals surface area contributed by atoms with Gasteiger partial charge in [-0.3, -0.25) is 14.9 Å². The zero-order valence-corrected chi connectivity index (χ0v) is 22.7. The number of ether oxygens (including phenoxy) is 2. The zero-order chi connectivity index (χ0) is 29.6. The molecule has 13 nitrogen and oxygen atoms in total. The van der Waals surface area contributed by atoms with Gasteiger partial charge in [-0.1, -0.05) is 30.3 Å². The molecule has 0 saturated carbocycles. The van der Waals surface area contributed by atoms with Crippen LogP contribution in [-0.2, 0) is 30.9 Å². The first-order chi connectivity index (χ1) is 18.8. The number of hydrogen-bond donors (Lipinski definition) is 6. The van der Waals surface area contributed by atoms with Gasteiger partial charge in [-0.2, -0.15) is 0 Å². The quantitative estimate of drug-likeness (QED) is 0.206. The first-order valence-corrected chi connectivity index (χ1v) is 12.6. The fraction of sp³-hybridized carbons (Fsp3) is 0.269. The summed E-state index contributed by atoms with van der Waals surface area (Å²) in [4.78, 5) is 52.1. The summed E-state index contributed by atoms with van der Waals surface area (Å²) in [6.45, 7) is 3.09. The molecule has 3 aromatic rings. The number of carbonyl (C=O) groups is 4. The minimum Gasteiger partial charge on any atom is -0.507 e. The average molecular weight is 572 g/mol. The van der Waals surface area contributed by atoms with Crippen molar-refractivity contribution < 1.29 is 38.9 Å². The van der Waals surface area contributed by atoms with E-state index in [0.717, 1.165) is 5.56 Å². The van der Waals surface area contributed by atoms with Gasteiger partial charge >= 0.3 is 24.0 Å². The Morgan fingerprint density at radius 1 is 1.10 bits per heavy atom. The fourth-order valence-corrected chi connectivity index (χ4v) is 5.03. The van der Waals surface area contributed by atoms with Gasteiger partial charge in [-0.15, -0.1) is 11.3 Å². The van der Waals surface area contributed by atoms with E-state index in [0.29, 0.717) is 15.6 Å². The smallest absolute Gasteiger partial charge is 0.327 e. The highest BCUT2D eigenvalue weighted by atomic mass is 32.1. The molecule has 1 atom stereocenters. The lowest BCUT2D eigenvalue weighted by atomic mass is 9.83. The van der Waals surface area contributed by atoms with Crippen molar-refractivity contribution in [2.75, 3.05) is 19.0 Å². The number of benzene rings is 2. The van der Waals surface area contributed by atoms with Crippen LogP contribution >= 0.6 is 11.3 Å². The summed E-state index contributed by atoms with van der Waals surface area (Å²) in [5, 5.41) is 26.2. The van der Waals surface area contributed by atoms with Crippen molar-refractivity contribution in [1.29, 1.82) is 0 Å². The average Bonchev–Trinajstić information content (AvgIpc) is 3.30. The molecule has 0 bridgehead atoms. The molecule has 1 unspecified atom stereocenters. The molecule has 0 aliphatic heterocycles. The maximum Gasteiger partial charge on any atom is 0.327 e. The number of anilines is 1. The highest BCUT2D eigenvalue weighted by Crippen LogP contribution is 2.46. The third kappa shape index (κ3) is 7.03. The number of amides is 4. The maximum absolute atomic E-state index is 12.6. The number of aromatic hydroxyl groups is 2. The van der Waals surface area contributed by atoms with E-state index in [1.165, 1.54) is 30.6 Å². The summed E-state index contributed by atoms with van der Waals surface area (Å²) in [6.07, 6.45) is -0.179. The van der Waals surface area contributed by atoms with Gasteiger partial charge < -0.3 is 36.5 Å². The zero-order valence-electron chi connectivity index (χ0n) is 21.9. The highest BCUT2D eigenvalue weighted by molar-refractivity contribution is 7.12. The number of rotatable bonds is 9. The van der Waals surface area contributed by atoms with E-state index in [1.807, 2.05) is 35.6 Å². The number of imide groups is 1. The SMILES string of the molecule is COC(=O)C(N)COC(=O)Cc1sc(C(C)(C)c2c(O)cc(NC(=O)NC(N)=O)cc2O)nc1-c1ccccc1. The number of phenols is 2. The number of nitrogens with one attached hydrogen (secondary N) is 2. The van der Waals surface area contributed by atoms with Gasteiger partial charge in [-0.25, -0.2) is 14.6 Å². The van der Waals surface area contributed by atoms with E-state index in [4.69, 9.17) is 21.2 Å². The number of phenolic OH excluding ortho intramolecular Hbond substituents is 2. The van der Waals surface area contributed by atoms with Crippen molar-refractivity contribution in [1.82, 2.24) is 10.3 Å². The van der Waals surface area contributed by atoms with Gasteiger partial charge in [0, 0.05) is 39.2 Å². The first kappa shape index (κ1) is 29.9. The van der Waals surface area contributed by atoms with Crippen LogP contribution in [0.4, 0.5) is 15.3 Å². The molecule has 3 rings (SSSR count). The second-order valence-corrected chi connectivity index (χ2v) is 10.2. The number of nitrogens with zero attached hydrogens (tertiary/aromatic N) is 1. The van der Waals surface area contributed by atoms with Crippen LogP contribution < -0.4 is 22.1 Å². The topological polar surface area (TPSA) is 216 Å². The van der Waals surface area contributed by atoms with E-state index >= 15 is 0 Å². The third-order valence-electron chi connectivity index (χ3n) is 5.73. The number of thiazole rings is 1. The lowest BCUT2D eigenvalue weighted by molar-refractivity contribution is -0.148. The maximum atomic E-state index is 12.6. The van der Waals surface area contributed by atoms with Gasteiger partial charge in [0.25, 0.3) is 0 Å². The molecule has 1 heterocycles. The minimum atomic E-state index is -1.12. The molecule has 14 heteroatoms. The molecule has 2 aromatic carbocycles. The number of carbonyl (C=O) groups excluding carboxylic acids is 4. The summed E-state index contributed by atoms with van der Waals surface area (Å²) in [7, 11) is 1.18. The summed E-state index contributed by atoms with van der Waals surface area (Å²) in [5.74, 6) is -2.06. The van der Waals surface area contributed by atoms with Crippen LogP contribution in [-0.4, -0.2) is 59.0 Å². The van der Waals surface area contributed by atoms with E-state index in [1.54, 1.807) is 13.8 Å². The predicted octanol–water partition coefficient (Wildman–Crippen LogP) is 2.33. The number of aromatic nitrogens is 1. The van der Waals surface area contributed by atoms with Crippen LogP contribution in [0.1, 0.15) is 29.3 Å². The van der Waals surface area contributed by atoms with Crippen molar-refractivity contribution in [2.24, 2.45) is 11.5 Å². The Balaban J connectivity index is 1.95. The number of esters is 2. The Kier molecular flexibility index (Phi) is 9.29. The van der Waals surface area contributed by atoms with Crippen molar-refractivity contribution in [3.05, 3.63) is 57.9 Å². The van der Waals surface area contributed by atoms with Crippen molar-refractivity contribution in [2.45, 2.75) is 31.7 Å². The number of methoxy groups -OCH3 is 1.